The van der Waals surface area contributed by atoms with E-state index in [-0.39, 0.29) is 6.04 Å². The largest absolute Gasteiger partial charge is 0.496 e. The number of benzene rings is 1. The van der Waals surface area contributed by atoms with Gasteiger partial charge in [-0.05, 0) is 56.5 Å². The lowest BCUT2D eigenvalue weighted by Gasteiger charge is -2.09. The van der Waals surface area contributed by atoms with E-state index in [0.29, 0.717) is 0 Å². The number of nitrogens with one attached hydrogen (secondary N) is 1. The first-order valence-electron chi connectivity index (χ1n) is 7.03. The molecule has 0 amide bonds. The van der Waals surface area contributed by atoms with Gasteiger partial charge in [-0.25, -0.2) is 4.98 Å². The molecule has 1 aliphatic heterocycles. The van der Waals surface area contributed by atoms with Crippen LogP contribution in [0.4, 0.5) is 0 Å². The summed E-state index contributed by atoms with van der Waals surface area (Å²) in [7, 11) is 1.69. The van der Waals surface area contributed by atoms with E-state index < -0.39 is 0 Å². The average Bonchev–Trinajstić information content (AvgIpc) is 3.10. The maximum Gasteiger partial charge on any atom is 0.212 e. The molecule has 1 saturated heterocycles. The molecule has 4 heteroatoms. The second-order valence-corrected chi connectivity index (χ2v) is 5.35. The first kappa shape index (κ1) is 13.2. The summed E-state index contributed by atoms with van der Waals surface area (Å²) < 4.78 is 11.3. The number of methoxy groups -OCH3 is 1. The van der Waals surface area contributed by atoms with Gasteiger partial charge in [-0.1, -0.05) is 0 Å². The first-order chi connectivity index (χ1) is 9.69. The molecular formula is C16H20N2O2. The number of aryl methyl sites for hydroxylation is 2. The molecule has 106 valence electrons. The van der Waals surface area contributed by atoms with Crippen LogP contribution < -0.4 is 10.1 Å². The molecule has 1 aliphatic rings. The van der Waals surface area contributed by atoms with Crippen molar-refractivity contribution >= 4 is 0 Å². The Labute approximate surface area is 119 Å². The average molecular weight is 272 g/mol. The minimum Gasteiger partial charge on any atom is -0.496 e. The molecule has 1 atom stereocenters. The van der Waals surface area contributed by atoms with Crippen molar-refractivity contribution in [3.05, 3.63) is 35.3 Å². The van der Waals surface area contributed by atoms with Crippen molar-refractivity contribution in [2.45, 2.75) is 32.7 Å². The summed E-state index contributed by atoms with van der Waals surface area (Å²) in [5, 5.41) is 3.41. The quantitative estimate of drug-likeness (QED) is 0.930. The topological polar surface area (TPSA) is 47.3 Å². The number of ether oxygens (including phenoxy) is 1. The van der Waals surface area contributed by atoms with Crippen molar-refractivity contribution in [1.29, 1.82) is 0 Å². The number of nitrogens with zero attached hydrogens (tertiary/aromatic N) is 1. The number of hydrogen-bond acceptors (Lipinski definition) is 4. The standard InChI is InChI=1S/C16H20N2O2/c1-10-8-14(19-3)11(2)7-12(10)15-9-18-16(20-15)13-5-4-6-17-13/h7-9,13,17H,4-6H2,1-3H3. The van der Waals surface area contributed by atoms with E-state index >= 15 is 0 Å². The molecule has 0 spiro atoms. The van der Waals surface area contributed by atoms with E-state index in [2.05, 4.69) is 23.3 Å². The zero-order valence-electron chi connectivity index (χ0n) is 12.2. The second-order valence-electron chi connectivity index (χ2n) is 5.35. The molecule has 0 bridgehead atoms. The number of rotatable bonds is 3. The highest BCUT2D eigenvalue weighted by Crippen LogP contribution is 2.32. The van der Waals surface area contributed by atoms with Gasteiger partial charge in [-0.3, -0.25) is 0 Å². The lowest BCUT2D eigenvalue weighted by atomic mass is 10.0. The molecule has 3 rings (SSSR count). The molecule has 0 radical (unpaired) electrons. The Hall–Kier alpha value is -1.81. The number of oxazole rings is 1. The molecule has 1 aromatic heterocycles. The van der Waals surface area contributed by atoms with Crippen molar-refractivity contribution < 1.29 is 9.15 Å². The van der Waals surface area contributed by atoms with Gasteiger partial charge in [0.05, 0.1) is 19.3 Å². The Kier molecular flexibility index (Phi) is 3.49. The van der Waals surface area contributed by atoms with Gasteiger partial charge in [-0.15, -0.1) is 0 Å². The predicted molar refractivity (Wildman–Crippen MR) is 77.9 cm³/mol. The van der Waals surface area contributed by atoms with Crippen LogP contribution in [0.1, 0.15) is 35.9 Å². The second kappa shape index (κ2) is 5.29. The van der Waals surface area contributed by atoms with E-state index in [1.165, 1.54) is 6.42 Å². The fourth-order valence-electron chi connectivity index (χ4n) is 2.74. The molecule has 1 aromatic carbocycles. The van der Waals surface area contributed by atoms with Crippen LogP contribution in [0.5, 0.6) is 5.75 Å². The smallest absolute Gasteiger partial charge is 0.212 e. The van der Waals surface area contributed by atoms with Crippen LogP contribution in [-0.2, 0) is 0 Å². The van der Waals surface area contributed by atoms with Crippen LogP contribution in [0.2, 0.25) is 0 Å². The lowest BCUT2D eigenvalue weighted by Crippen LogP contribution is -2.12. The van der Waals surface area contributed by atoms with Gasteiger partial charge in [-0.2, -0.15) is 0 Å². The zero-order chi connectivity index (χ0) is 14.1. The van der Waals surface area contributed by atoms with Crippen LogP contribution >= 0.6 is 0 Å². The highest BCUT2D eigenvalue weighted by Gasteiger charge is 2.22. The van der Waals surface area contributed by atoms with Gasteiger partial charge in [0.25, 0.3) is 0 Å². The Morgan fingerprint density at radius 1 is 1.30 bits per heavy atom. The third-order valence-corrected chi connectivity index (χ3v) is 3.89. The molecule has 4 nitrogen and oxygen atoms in total. The van der Waals surface area contributed by atoms with Crippen LogP contribution in [0.25, 0.3) is 11.3 Å². The third-order valence-electron chi connectivity index (χ3n) is 3.89. The fraction of sp³-hybridized carbons (Fsp3) is 0.438. The maximum absolute atomic E-state index is 5.95. The summed E-state index contributed by atoms with van der Waals surface area (Å²) in [4.78, 5) is 4.43. The van der Waals surface area contributed by atoms with Gasteiger partial charge >= 0.3 is 0 Å². The van der Waals surface area contributed by atoms with Gasteiger partial charge < -0.3 is 14.5 Å². The van der Waals surface area contributed by atoms with Gasteiger partial charge in [0.1, 0.15) is 5.75 Å². The van der Waals surface area contributed by atoms with Crippen molar-refractivity contribution in [2.75, 3.05) is 13.7 Å². The van der Waals surface area contributed by atoms with Crippen molar-refractivity contribution in [3.8, 4) is 17.1 Å². The number of hydrogen-bond donors (Lipinski definition) is 1. The Morgan fingerprint density at radius 3 is 2.85 bits per heavy atom. The van der Waals surface area contributed by atoms with Crippen molar-refractivity contribution in [3.63, 3.8) is 0 Å². The summed E-state index contributed by atoms with van der Waals surface area (Å²) in [5.41, 5.74) is 3.32. The Balaban J connectivity index is 1.94. The van der Waals surface area contributed by atoms with Crippen LogP contribution in [0, 0.1) is 13.8 Å². The molecule has 1 fully saturated rings. The summed E-state index contributed by atoms with van der Waals surface area (Å²) >= 11 is 0. The lowest BCUT2D eigenvalue weighted by molar-refractivity contribution is 0.411. The molecule has 20 heavy (non-hydrogen) atoms. The maximum atomic E-state index is 5.95. The Morgan fingerprint density at radius 2 is 2.15 bits per heavy atom. The van der Waals surface area contributed by atoms with E-state index in [0.717, 1.165) is 47.1 Å². The van der Waals surface area contributed by atoms with E-state index in [1.807, 2.05) is 19.2 Å². The molecule has 0 saturated carbocycles. The Bertz CT molecular complexity index is 613. The van der Waals surface area contributed by atoms with Crippen LogP contribution in [-0.4, -0.2) is 18.6 Å². The van der Waals surface area contributed by atoms with E-state index in [1.54, 1.807) is 7.11 Å². The fourth-order valence-corrected chi connectivity index (χ4v) is 2.74. The summed E-state index contributed by atoms with van der Waals surface area (Å²) in [6, 6.07) is 4.41. The van der Waals surface area contributed by atoms with Gasteiger partial charge in [0, 0.05) is 5.56 Å². The third kappa shape index (κ3) is 2.31. The summed E-state index contributed by atoms with van der Waals surface area (Å²) in [6.07, 6.45) is 4.10. The minimum atomic E-state index is 0.267. The minimum absolute atomic E-state index is 0.267. The van der Waals surface area contributed by atoms with Gasteiger partial charge in [0.2, 0.25) is 5.89 Å². The van der Waals surface area contributed by atoms with Crippen molar-refractivity contribution in [2.24, 2.45) is 0 Å². The van der Waals surface area contributed by atoms with Crippen LogP contribution in [0.15, 0.2) is 22.7 Å². The van der Waals surface area contributed by atoms with Crippen LogP contribution in [0.3, 0.4) is 0 Å². The summed E-state index contributed by atoms with van der Waals surface area (Å²) in [6.45, 7) is 5.15. The molecule has 0 aliphatic carbocycles. The molecule has 1 unspecified atom stereocenters. The highest BCUT2D eigenvalue weighted by atomic mass is 16.5. The zero-order valence-corrected chi connectivity index (χ0v) is 12.2. The molecule has 1 N–H and O–H groups in total. The molecule has 2 heterocycles. The van der Waals surface area contributed by atoms with Gasteiger partial charge in [0.15, 0.2) is 5.76 Å². The number of aromatic nitrogens is 1. The molecule has 2 aromatic rings. The highest BCUT2D eigenvalue weighted by molar-refractivity contribution is 5.64. The predicted octanol–water partition coefficient (Wildman–Crippen LogP) is 3.39. The molecular weight excluding hydrogens is 252 g/mol. The SMILES string of the molecule is COc1cc(C)c(-c2cnc(C3CCCN3)o2)cc1C. The normalized spacial score (nSPS) is 18.4. The monoisotopic (exact) mass is 272 g/mol. The first-order valence-corrected chi connectivity index (χ1v) is 7.03. The van der Waals surface area contributed by atoms with E-state index in [4.69, 9.17) is 9.15 Å². The van der Waals surface area contributed by atoms with Crippen molar-refractivity contribution in [1.82, 2.24) is 10.3 Å². The summed E-state index contributed by atoms with van der Waals surface area (Å²) in [5.74, 6) is 2.53. The van der Waals surface area contributed by atoms with E-state index in [9.17, 15) is 0 Å².